The van der Waals surface area contributed by atoms with E-state index in [4.69, 9.17) is 5.73 Å². The summed E-state index contributed by atoms with van der Waals surface area (Å²) < 4.78 is 0.978. The number of carbonyl (C=O) groups is 2. The molecule has 4 N–H and O–H groups in total. The molecular weight excluding hydrogens is 421 g/mol. The number of nitrogens with zero attached hydrogens (tertiary/aromatic N) is 2. The molecule has 2 amide bonds. The Labute approximate surface area is 150 Å². The fraction of sp³-hybridized carbons (Fsp3) is 0. The molecule has 120 valence electrons. The van der Waals surface area contributed by atoms with Crippen LogP contribution in [-0.2, 0) is 0 Å². The molecule has 0 saturated heterocycles. The molecule has 3 aromatic rings. The van der Waals surface area contributed by atoms with Crippen LogP contribution in [0, 0.1) is 3.57 Å². The molecule has 3 rings (SSSR count). The molecule has 0 atom stereocenters. The Bertz CT molecular complexity index is 905. The zero-order valence-electron chi connectivity index (χ0n) is 12.3. The minimum Gasteiger partial charge on any atom is -0.364 e. The van der Waals surface area contributed by atoms with Gasteiger partial charge in [-0.25, -0.2) is 9.97 Å². The number of amides is 2. The fourth-order valence-electron chi connectivity index (χ4n) is 2.14. The standard InChI is InChI=1S/C16H12IN5O2/c17-11-5-6-19-12(7-11)22-16(24)10-3-1-9(2-4-10)13-14(15(18)23)21-8-20-13/h1-8H,(H2,18,23)(H,20,21)(H,19,22,24). The smallest absolute Gasteiger partial charge is 0.267 e. The predicted octanol–water partition coefficient (Wildman–Crippen LogP) is 2.43. The van der Waals surface area contributed by atoms with Gasteiger partial charge in [-0.2, -0.15) is 0 Å². The van der Waals surface area contributed by atoms with Gasteiger partial charge in [-0.1, -0.05) is 12.1 Å². The lowest BCUT2D eigenvalue weighted by Gasteiger charge is -2.06. The second-order valence-electron chi connectivity index (χ2n) is 4.88. The number of aromatic nitrogens is 3. The summed E-state index contributed by atoms with van der Waals surface area (Å²) >= 11 is 2.15. The van der Waals surface area contributed by atoms with Crippen molar-refractivity contribution in [1.29, 1.82) is 0 Å². The van der Waals surface area contributed by atoms with E-state index in [2.05, 4.69) is 42.9 Å². The van der Waals surface area contributed by atoms with E-state index >= 15 is 0 Å². The third kappa shape index (κ3) is 3.43. The highest BCUT2D eigenvalue weighted by Gasteiger charge is 2.14. The molecule has 0 saturated carbocycles. The summed E-state index contributed by atoms with van der Waals surface area (Å²) in [6.07, 6.45) is 3.03. The Morgan fingerprint density at radius 3 is 2.54 bits per heavy atom. The average molecular weight is 433 g/mol. The lowest BCUT2D eigenvalue weighted by Crippen LogP contribution is -2.13. The predicted molar refractivity (Wildman–Crippen MR) is 97.4 cm³/mol. The number of carbonyl (C=O) groups excluding carboxylic acids is 2. The van der Waals surface area contributed by atoms with Gasteiger partial charge in [-0.3, -0.25) is 9.59 Å². The van der Waals surface area contributed by atoms with Crippen molar-refractivity contribution < 1.29 is 9.59 Å². The summed E-state index contributed by atoms with van der Waals surface area (Å²) in [4.78, 5) is 34.5. The highest BCUT2D eigenvalue weighted by Crippen LogP contribution is 2.21. The van der Waals surface area contributed by atoms with Crippen LogP contribution in [0.3, 0.4) is 0 Å². The van der Waals surface area contributed by atoms with E-state index in [9.17, 15) is 9.59 Å². The van der Waals surface area contributed by atoms with Crippen molar-refractivity contribution in [2.75, 3.05) is 5.32 Å². The summed E-state index contributed by atoms with van der Waals surface area (Å²) in [5.74, 6) is -0.374. The third-order valence-electron chi connectivity index (χ3n) is 3.27. The van der Waals surface area contributed by atoms with Crippen LogP contribution in [0.1, 0.15) is 20.8 Å². The normalized spacial score (nSPS) is 10.4. The number of hydrogen-bond donors (Lipinski definition) is 3. The van der Waals surface area contributed by atoms with Gasteiger partial charge in [0, 0.05) is 20.9 Å². The van der Waals surface area contributed by atoms with Crippen molar-refractivity contribution in [3.05, 3.63) is 63.7 Å². The summed E-state index contributed by atoms with van der Waals surface area (Å²) in [7, 11) is 0. The SMILES string of the molecule is NC(=O)c1[nH]cnc1-c1ccc(C(=O)Nc2cc(I)ccn2)cc1. The molecule has 2 aromatic heterocycles. The maximum atomic E-state index is 12.2. The molecular formula is C16H12IN5O2. The summed E-state index contributed by atoms with van der Waals surface area (Å²) in [5, 5.41) is 2.73. The Morgan fingerprint density at radius 1 is 1.12 bits per heavy atom. The number of primary amides is 1. The second kappa shape index (κ2) is 6.79. The first-order valence-electron chi connectivity index (χ1n) is 6.91. The van der Waals surface area contributed by atoms with Gasteiger partial charge >= 0.3 is 0 Å². The largest absolute Gasteiger partial charge is 0.364 e. The van der Waals surface area contributed by atoms with Crippen LogP contribution in [0.2, 0.25) is 0 Å². The first-order valence-corrected chi connectivity index (χ1v) is 7.99. The highest BCUT2D eigenvalue weighted by atomic mass is 127. The number of rotatable bonds is 4. The number of pyridine rings is 1. The molecule has 0 aliphatic carbocycles. The quantitative estimate of drug-likeness (QED) is 0.549. The Balaban J connectivity index is 1.80. The monoisotopic (exact) mass is 433 g/mol. The zero-order chi connectivity index (χ0) is 17.1. The summed E-state index contributed by atoms with van der Waals surface area (Å²) in [6, 6.07) is 10.3. The number of benzene rings is 1. The van der Waals surface area contributed by atoms with Gasteiger partial charge < -0.3 is 16.0 Å². The van der Waals surface area contributed by atoms with Gasteiger partial charge in [0.1, 0.15) is 17.2 Å². The van der Waals surface area contributed by atoms with Crippen molar-refractivity contribution in [2.24, 2.45) is 5.73 Å². The highest BCUT2D eigenvalue weighted by molar-refractivity contribution is 14.1. The molecule has 0 aliphatic rings. The topological polar surface area (TPSA) is 114 Å². The Kier molecular flexibility index (Phi) is 4.56. The second-order valence-corrected chi connectivity index (χ2v) is 6.13. The molecule has 24 heavy (non-hydrogen) atoms. The number of hydrogen-bond acceptors (Lipinski definition) is 4. The molecule has 0 radical (unpaired) electrons. The third-order valence-corrected chi connectivity index (χ3v) is 3.94. The van der Waals surface area contributed by atoms with E-state index in [1.54, 1.807) is 36.5 Å². The fourth-order valence-corrected chi connectivity index (χ4v) is 2.60. The molecule has 0 bridgehead atoms. The van der Waals surface area contributed by atoms with Crippen molar-refractivity contribution >= 4 is 40.2 Å². The molecule has 8 heteroatoms. The number of anilines is 1. The van der Waals surface area contributed by atoms with Crippen LogP contribution in [0.4, 0.5) is 5.82 Å². The van der Waals surface area contributed by atoms with Gasteiger partial charge in [0.15, 0.2) is 0 Å². The lowest BCUT2D eigenvalue weighted by atomic mass is 10.1. The number of aromatic amines is 1. The molecule has 1 aromatic carbocycles. The number of H-pyrrole nitrogens is 1. The van der Waals surface area contributed by atoms with E-state index in [1.807, 2.05) is 6.07 Å². The van der Waals surface area contributed by atoms with E-state index in [-0.39, 0.29) is 11.6 Å². The van der Waals surface area contributed by atoms with Gasteiger partial charge in [0.2, 0.25) is 0 Å². The average Bonchev–Trinajstić information content (AvgIpc) is 3.05. The number of nitrogens with two attached hydrogens (primary N) is 1. The van der Waals surface area contributed by atoms with Crippen LogP contribution in [0.5, 0.6) is 0 Å². The minimum absolute atomic E-state index is 0.232. The van der Waals surface area contributed by atoms with Gasteiger partial charge in [0.25, 0.3) is 11.8 Å². The van der Waals surface area contributed by atoms with Crippen molar-refractivity contribution in [3.8, 4) is 11.3 Å². The van der Waals surface area contributed by atoms with Gasteiger partial charge in [0.05, 0.1) is 6.33 Å². The minimum atomic E-state index is -0.589. The van der Waals surface area contributed by atoms with Crippen molar-refractivity contribution in [2.45, 2.75) is 0 Å². The zero-order valence-corrected chi connectivity index (χ0v) is 14.4. The molecule has 0 aliphatic heterocycles. The molecule has 0 unspecified atom stereocenters. The van der Waals surface area contributed by atoms with Crippen molar-refractivity contribution in [1.82, 2.24) is 15.0 Å². The Morgan fingerprint density at radius 2 is 1.88 bits per heavy atom. The Hall–Kier alpha value is -2.75. The molecule has 2 heterocycles. The van der Waals surface area contributed by atoms with Crippen LogP contribution in [0.25, 0.3) is 11.3 Å². The van der Waals surface area contributed by atoms with Crippen LogP contribution in [-0.4, -0.2) is 26.8 Å². The van der Waals surface area contributed by atoms with Crippen LogP contribution < -0.4 is 11.1 Å². The van der Waals surface area contributed by atoms with E-state index < -0.39 is 5.91 Å². The first kappa shape index (κ1) is 16.1. The summed E-state index contributed by atoms with van der Waals surface area (Å²) in [5.41, 5.74) is 7.13. The van der Waals surface area contributed by atoms with Gasteiger partial charge in [-0.15, -0.1) is 0 Å². The van der Waals surface area contributed by atoms with E-state index in [0.29, 0.717) is 22.6 Å². The maximum Gasteiger partial charge on any atom is 0.267 e. The van der Waals surface area contributed by atoms with E-state index in [1.165, 1.54) is 6.33 Å². The van der Waals surface area contributed by atoms with Crippen molar-refractivity contribution in [3.63, 3.8) is 0 Å². The molecule has 7 nitrogen and oxygen atoms in total. The lowest BCUT2D eigenvalue weighted by molar-refractivity contribution is 0.0994. The summed E-state index contributed by atoms with van der Waals surface area (Å²) in [6.45, 7) is 0. The van der Waals surface area contributed by atoms with Crippen LogP contribution in [0.15, 0.2) is 48.9 Å². The number of halogens is 1. The van der Waals surface area contributed by atoms with E-state index in [0.717, 1.165) is 3.57 Å². The maximum absolute atomic E-state index is 12.2. The number of nitrogens with one attached hydrogen (secondary N) is 2. The molecule has 0 spiro atoms. The number of imidazole rings is 1. The molecule has 0 fully saturated rings. The first-order chi connectivity index (χ1) is 11.5. The van der Waals surface area contributed by atoms with Crippen LogP contribution >= 0.6 is 22.6 Å². The van der Waals surface area contributed by atoms with Gasteiger partial charge in [-0.05, 0) is 46.9 Å².